The van der Waals surface area contributed by atoms with Crippen molar-refractivity contribution in [3.05, 3.63) is 29.8 Å². The Hall–Kier alpha value is -1.93. The van der Waals surface area contributed by atoms with Crippen LogP contribution in [-0.2, 0) is 26.0 Å². The Morgan fingerprint density at radius 2 is 1.88 bits per heavy atom. The summed E-state index contributed by atoms with van der Waals surface area (Å²) in [5.74, 6) is -1.66. The highest BCUT2D eigenvalue weighted by atomic mass is 32.2. The Bertz CT molecular complexity index is 724. The van der Waals surface area contributed by atoms with Gasteiger partial charge in [0.1, 0.15) is 5.75 Å². The Kier molecular flexibility index (Phi) is 6.55. The molecule has 0 heterocycles. The second kappa shape index (κ2) is 8.44. The van der Waals surface area contributed by atoms with Crippen LogP contribution in [0, 0.1) is 5.92 Å². The number of aliphatic carboxylic acids is 1. The lowest BCUT2D eigenvalue weighted by Gasteiger charge is -2.26. The molecule has 1 aromatic carbocycles. The molecule has 0 atom stereocenters. The zero-order valence-electron chi connectivity index (χ0n) is 14.2. The van der Waals surface area contributed by atoms with E-state index < -0.39 is 27.7 Å². The molecule has 7 nitrogen and oxygen atoms in total. The molecule has 0 bridgehead atoms. The van der Waals surface area contributed by atoms with E-state index in [1.807, 2.05) is 0 Å². The fraction of sp³-hybridized carbons (Fsp3) is 0.529. The smallest absolute Gasteiger partial charge is 0.307 e. The molecule has 1 aromatic rings. The van der Waals surface area contributed by atoms with Crippen LogP contribution in [0.5, 0.6) is 0 Å². The van der Waals surface area contributed by atoms with E-state index in [0.717, 1.165) is 25.7 Å². The molecule has 0 spiro atoms. The van der Waals surface area contributed by atoms with Crippen LogP contribution in [0.4, 0.5) is 5.69 Å². The molecule has 0 saturated heterocycles. The Balaban J connectivity index is 1.89. The maximum Gasteiger partial charge on any atom is 0.307 e. The predicted octanol–water partition coefficient (Wildman–Crippen LogP) is 1.75. The molecule has 0 aromatic heterocycles. The van der Waals surface area contributed by atoms with Crippen LogP contribution in [0.3, 0.4) is 0 Å². The number of carbonyl (C=O) groups excluding carboxylic acids is 1. The van der Waals surface area contributed by atoms with Gasteiger partial charge >= 0.3 is 5.97 Å². The highest BCUT2D eigenvalue weighted by Crippen LogP contribution is 2.23. The van der Waals surface area contributed by atoms with Gasteiger partial charge in [-0.3, -0.25) is 9.59 Å². The number of carbonyl (C=O) groups is 2. The molecule has 25 heavy (non-hydrogen) atoms. The van der Waals surface area contributed by atoms with Gasteiger partial charge in [0.25, 0.3) is 0 Å². The van der Waals surface area contributed by atoms with E-state index in [1.54, 1.807) is 18.2 Å². The van der Waals surface area contributed by atoms with Crippen LogP contribution in [0.15, 0.2) is 24.3 Å². The van der Waals surface area contributed by atoms with E-state index in [1.165, 1.54) is 6.07 Å². The summed E-state index contributed by atoms with van der Waals surface area (Å²) in [6, 6.07) is 6.25. The van der Waals surface area contributed by atoms with Gasteiger partial charge in [-0.25, -0.2) is 13.1 Å². The average molecular weight is 368 g/mol. The molecule has 138 valence electrons. The number of hydrogen-bond acceptors (Lipinski definition) is 4. The minimum absolute atomic E-state index is 0.104. The summed E-state index contributed by atoms with van der Waals surface area (Å²) in [7, 11) is -3.70. The lowest BCUT2D eigenvalue weighted by molar-refractivity contribution is -0.136. The lowest BCUT2D eigenvalue weighted by Crippen LogP contribution is -2.41. The second-order valence-electron chi connectivity index (χ2n) is 6.65. The van der Waals surface area contributed by atoms with Crippen molar-refractivity contribution in [2.45, 2.75) is 45.1 Å². The van der Waals surface area contributed by atoms with Gasteiger partial charge in [-0.1, -0.05) is 19.1 Å². The summed E-state index contributed by atoms with van der Waals surface area (Å²) < 4.78 is 26.9. The molecule has 1 amide bonds. The van der Waals surface area contributed by atoms with Gasteiger partial charge in [0.05, 0.1) is 6.42 Å². The van der Waals surface area contributed by atoms with Crippen molar-refractivity contribution in [2.24, 2.45) is 5.92 Å². The minimum atomic E-state index is -3.70. The van der Waals surface area contributed by atoms with Gasteiger partial charge in [-0.15, -0.1) is 0 Å². The zero-order chi connectivity index (χ0) is 18.4. The summed E-state index contributed by atoms with van der Waals surface area (Å²) >= 11 is 0. The SMILES string of the molecule is CC1CCC(NS(=O)(=O)CC(=O)Nc2cccc(CC(=O)O)c2)CC1. The summed E-state index contributed by atoms with van der Waals surface area (Å²) in [6.07, 6.45) is 3.38. The van der Waals surface area contributed by atoms with Crippen LogP contribution < -0.4 is 10.0 Å². The summed E-state index contributed by atoms with van der Waals surface area (Å²) in [6.45, 7) is 2.15. The van der Waals surface area contributed by atoms with Gasteiger partial charge in [0.2, 0.25) is 15.9 Å². The lowest BCUT2D eigenvalue weighted by atomic mass is 9.88. The molecule has 0 aliphatic heterocycles. The standard InChI is InChI=1S/C17H24N2O5S/c1-12-5-7-14(8-6-12)19-25(23,24)11-16(20)18-15-4-2-3-13(9-15)10-17(21)22/h2-4,9,12,14,19H,5-8,10-11H2,1H3,(H,18,20)(H,21,22). The predicted molar refractivity (Wildman–Crippen MR) is 94.8 cm³/mol. The van der Waals surface area contributed by atoms with Crippen molar-refractivity contribution in [3.63, 3.8) is 0 Å². The molecule has 0 radical (unpaired) electrons. The maximum atomic E-state index is 12.1. The zero-order valence-corrected chi connectivity index (χ0v) is 15.0. The van der Waals surface area contributed by atoms with E-state index in [2.05, 4.69) is 17.0 Å². The fourth-order valence-corrected chi connectivity index (χ4v) is 4.22. The minimum Gasteiger partial charge on any atom is -0.481 e. The molecule has 0 unspecified atom stereocenters. The topological polar surface area (TPSA) is 113 Å². The van der Waals surface area contributed by atoms with Crippen molar-refractivity contribution in [1.29, 1.82) is 0 Å². The number of benzene rings is 1. The number of carboxylic acid groups (broad SMARTS) is 1. The first-order valence-corrected chi connectivity index (χ1v) is 9.99. The molecule has 8 heteroatoms. The van der Waals surface area contributed by atoms with Gasteiger partial charge in [0, 0.05) is 11.7 Å². The van der Waals surface area contributed by atoms with E-state index in [0.29, 0.717) is 17.2 Å². The van der Waals surface area contributed by atoms with Crippen LogP contribution in [-0.4, -0.2) is 37.2 Å². The van der Waals surface area contributed by atoms with Crippen LogP contribution in [0.2, 0.25) is 0 Å². The Morgan fingerprint density at radius 1 is 1.20 bits per heavy atom. The van der Waals surface area contributed by atoms with E-state index in [9.17, 15) is 18.0 Å². The number of hydrogen-bond donors (Lipinski definition) is 3. The van der Waals surface area contributed by atoms with Crippen LogP contribution in [0.1, 0.15) is 38.2 Å². The third-order valence-electron chi connectivity index (χ3n) is 4.25. The first kappa shape index (κ1) is 19.4. The number of rotatable bonds is 7. The fourth-order valence-electron chi connectivity index (χ4n) is 2.98. The first-order valence-electron chi connectivity index (χ1n) is 8.34. The van der Waals surface area contributed by atoms with Crippen molar-refractivity contribution in [1.82, 2.24) is 4.72 Å². The van der Waals surface area contributed by atoms with Crippen molar-refractivity contribution >= 4 is 27.6 Å². The van der Waals surface area contributed by atoms with Crippen LogP contribution in [0.25, 0.3) is 0 Å². The molecule has 1 fully saturated rings. The van der Waals surface area contributed by atoms with Crippen molar-refractivity contribution in [3.8, 4) is 0 Å². The maximum absolute atomic E-state index is 12.1. The van der Waals surface area contributed by atoms with E-state index in [-0.39, 0.29) is 12.5 Å². The highest BCUT2D eigenvalue weighted by Gasteiger charge is 2.24. The molecule has 3 N–H and O–H groups in total. The van der Waals surface area contributed by atoms with Crippen LogP contribution >= 0.6 is 0 Å². The third kappa shape index (κ3) is 6.83. The second-order valence-corrected chi connectivity index (χ2v) is 8.41. The molecule has 1 aliphatic carbocycles. The van der Waals surface area contributed by atoms with E-state index in [4.69, 9.17) is 5.11 Å². The molecule has 2 rings (SSSR count). The highest BCUT2D eigenvalue weighted by molar-refractivity contribution is 7.90. The molecule has 1 saturated carbocycles. The number of nitrogens with one attached hydrogen (secondary N) is 2. The number of anilines is 1. The quantitative estimate of drug-likeness (QED) is 0.679. The molecular formula is C17H24N2O5S. The Labute approximate surface area is 147 Å². The van der Waals surface area contributed by atoms with Gasteiger partial charge < -0.3 is 10.4 Å². The monoisotopic (exact) mass is 368 g/mol. The Morgan fingerprint density at radius 3 is 2.52 bits per heavy atom. The van der Waals surface area contributed by atoms with Gasteiger partial charge in [0.15, 0.2) is 0 Å². The number of amides is 1. The number of carboxylic acids is 1. The largest absolute Gasteiger partial charge is 0.481 e. The summed E-state index contributed by atoms with van der Waals surface area (Å²) in [5, 5.41) is 11.3. The normalized spacial score (nSPS) is 20.8. The van der Waals surface area contributed by atoms with Crippen molar-refractivity contribution < 1.29 is 23.1 Å². The van der Waals surface area contributed by atoms with Crippen molar-refractivity contribution in [2.75, 3.05) is 11.1 Å². The molecular weight excluding hydrogens is 344 g/mol. The van der Waals surface area contributed by atoms with E-state index >= 15 is 0 Å². The summed E-state index contributed by atoms with van der Waals surface area (Å²) in [5.41, 5.74) is 0.910. The first-order chi connectivity index (χ1) is 11.7. The summed E-state index contributed by atoms with van der Waals surface area (Å²) in [4.78, 5) is 22.7. The van der Waals surface area contributed by atoms with Gasteiger partial charge in [-0.2, -0.15) is 0 Å². The number of sulfonamides is 1. The molecule has 1 aliphatic rings. The van der Waals surface area contributed by atoms with Gasteiger partial charge in [-0.05, 0) is 49.3 Å². The average Bonchev–Trinajstić information content (AvgIpc) is 2.48. The third-order valence-corrected chi connectivity index (χ3v) is 5.58.